The highest BCUT2D eigenvalue weighted by Gasteiger charge is 2.49. The van der Waals surface area contributed by atoms with E-state index in [4.69, 9.17) is 4.42 Å². The first kappa shape index (κ1) is 44.7. The second-order valence-electron chi connectivity index (χ2n) is 19.6. The summed E-state index contributed by atoms with van der Waals surface area (Å²) < 4.78 is 7.67. The van der Waals surface area contributed by atoms with Gasteiger partial charge in [-0.15, -0.1) is 0 Å². The SMILES string of the molecule is c1ccc(-c2ccc(N(c3ccccc3)c3ccc4c(c3)C(c3ccccc3)(c3ccccc3)c3cc(N(c5ccccc5)c5ccc(-c6ccccc6)cc5)c5c(oc6c(-c7ccccc7)cccc65)c3-4)cc2)cc1. The van der Waals surface area contributed by atoms with Gasteiger partial charge in [0, 0.05) is 45.0 Å². The van der Waals surface area contributed by atoms with Gasteiger partial charge in [0.25, 0.3) is 0 Å². The number of hydrogen-bond donors (Lipinski definition) is 0. The summed E-state index contributed by atoms with van der Waals surface area (Å²) in [5.74, 6) is 0. The van der Waals surface area contributed by atoms with Gasteiger partial charge < -0.3 is 14.2 Å². The van der Waals surface area contributed by atoms with E-state index in [0.717, 1.165) is 89.4 Å². The van der Waals surface area contributed by atoms with Crippen molar-refractivity contribution in [2.45, 2.75) is 5.41 Å². The van der Waals surface area contributed by atoms with Crippen LogP contribution in [0.5, 0.6) is 0 Å². The Hall–Kier alpha value is -9.96. The summed E-state index contributed by atoms with van der Waals surface area (Å²) in [6, 6.07) is 110. The molecular formula is C73H50N2O. The average Bonchev–Trinajstić information content (AvgIpc) is 4.25. The molecule has 0 bridgehead atoms. The molecule has 1 aliphatic rings. The van der Waals surface area contributed by atoms with Crippen LogP contribution in [0, 0.1) is 0 Å². The van der Waals surface area contributed by atoms with E-state index in [0.29, 0.717) is 0 Å². The zero-order valence-corrected chi connectivity index (χ0v) is 41.7. The van der Waals surface area contributed by atoms with Crippen LogP contribution >= 0.6 is 0 Å². The van der Waals surface area contributed by atoms with Gasteiger partial charge in [-0.1, -0.05) is 237 Å². The van der Waals surface area contributed by atoms with Gasteiger partial charge >= 0.3 is 0 Å². The number of hydrogen-bond acceptors (Lipinski definition) is 3. The summed E-state index contributed by atoms with van der Waals surface area (Å²) in [4.78, 5) is 4.83. The van der Waals surface area contributed by atoms with E-state index in [-0.39, 0.29) is 0 Å². The monoisotopic (exact) mass is 970 g/mol. The van der Waals surface area contributed by atoms with Crippen molar-refractivity contribution in [3.05, 3.63) is 326 Å². The number of benzene rings is 12. The van der Waals surface area contributed by atoms with E-state index in [1.807, 2.05) is 0 Å². The van der Waals surface area contributed by atoms with Gasteiger partial charge in [-0.05, 0) is 122 Å². The number of nitrogens with zero attached hydrogens (tertiary/aromatic N) is 2. The van der Waals surface area contributed by atoms with Gasteiger partial charge in [-0.3, -0.25) is 0 Å². The Kier molecular flexibility index (Phi) is 11.1. The standard InChI is InChI=1S/C73H50N2O/c1-8-23-51(24-9-1)53-39-43-60(44-40-53)74(58-33-18-6-19-34-58)62-47-48-64-66(49-62)73(56-29-14-4-15-30-56,57-31-16-5-17-32-57)67-50-68(70-65-38-22-37-63(55-27-12-3-13-28-55)71(65)76-72(70)69(64)67)75(59-35-20-7-21-36-59)61-45-41-54(42-46-61)52-25-10-2-11-26-52/h1-50H. The van der Waals surface area contributed by atoms with Crippen LogP contribution in [0.25, 0.3) is 66.4 Å². The maximum absolute atomic E-state index is 7.67. The van der Waals surface area contributed by atoms with Crippen LogP contribution in [0.4, 0.5) is 34.1 Å². The molecule has 0 saturated carbocycles. The average molecular weight is 971 g/mol. The van der Waals surface area contributed by atoms with Crippen LogP contribution in [0.1, 0.15) is 22.3 Å². The zero-order chi connectivity index (χ0) is 50.4. The Morgan fingerprint density at radius 2 is 0.697 bits per heavy atom. The molecule has 13 aromatic rings. The molecule has 0 amide bonds. The zero-order valence-electron chi connectivity index (χ0n) is 41.7. The Morgan fingerprint density at radius 1 is 0.276 bits per heavy atom. The molecule has 1 heterocycles. The van der Waals surface area contributed by atoms with E-state index < -0.39 is 5.41 Å². The quantitative estimate of drug-likeness (QED) is 0.129. The Bertz CT molecular complexity index is 4120. The molecule has 76 heavy (non-hydrogen) atoms. The van der Waals surface area contributed by atoms with Crippen LogP contribution in [-0.4, -0.2) is 0 Å². The molecule has 3 nitrogen and oxygen atoms in total. The summed E-state index contributed by atoms with van der Waals surface area (Å²) in [5.41, 5.74) is 21.0. The van der Waals surface area contributed by atoms with Gasteiger partial charge in [0.2, 0.25) is 0 Å². The molecule has 0 N–H and O–H groups in total. The minimum Gasteiger partial charge on any atom is -0.455 e. The Labute approximate surface area is 443 Å². The van der Waals surface area contributed by atoms with Gasteiger partial charge in [-0.25, -0.2) is 0 Å². The van der Waals surface area contributed by atoms with Crippen LogP contribution in [-0.2, 0) is 5.41 Å². The molecule has 0 spiro atoms. The highest BCUT2D eigenvalue weighted by molar-refractivity contribution is 6.21. The normalized spacial score (nSPS) is 12.3. The van der Waals surface area contributed by atoms with Crippen LogP contribution in [0.2, 0.25) is 0 Å². The van der Waals surface area contributed by atoms with Crippen LogP contribution in [0.15, 0.2) is 308 Å². The van der Waals surface area contributed by atoms with Gasteiger partial charge in [0.05, 0.1) is 16.5 Å². The molecule has 1 aliphatic carbocycles. The van der Waals surface area contributed by atoms with Crippen molar-refractivity contribution in [2.24, 2.45) is 0 Å². The third-order valence-electron chi connectivity index (χ3n) is 15.3. The number of fused-ring (bicyclic) bond motifs is 7. The third kappa shape index (κ3) is 7.43. The molecule has 1 aromatic heterocycles. The van der Waals surface area contributed by atoms with Gasteiger partial charge in [0.1, 0.15) is 11.2 Å². The lowest BCUT2D eigenvalue weighted by atomic mass is 9.67. The largest absolute Gasteiger partial charge is 0.455 e. The van der Waals surface area contributed by atoms with E-state index in [1.165, 1.54) is 33.4 Å². The number of anilines is 6. The fourth-order valence-electron chi connectivity index (χ4n) is 11.9. The lowest BCUT2D eigenvalue weighted by molar-refractivity contribution is 0.670. The van der Waals surface area contributed by atoms with E-state index >= 15 is 0 Å². The Morgan fingerprint density at radius 3 is 1.22 bits per heavy atom. The molecule has 0 radical (unpaired) electrons. The number of para-hydroxylation sites is 3. The summed E-state index contributed by atoms with van der Waals surface area (Å²) in [6.45, 7) is 0. The highest BCUT2D eigenvalue weighted by atomic mass is 16.3. The number of furan rings is 1. The highest BCUT2D eigenvalue weighted by Crippen LogP contribution is 2.62. The van der Waals surface area contributed by atoms with Crippen molar-refractivity contribution >= 4 is 56.1 Å². The molecular weight excluding hydrogens is 921 g/mol. The molecule has 0 aliphatic heterocycles. The topological polar surface area (TPSA) is 19.6 Å². The van der Waals surface area contributed by atoms with Crippen molar-refractivity contribution in [2.75, 3.05) is 9.80 Å². The van der Waals surface area contributed by atoms with E-state index in [9.17, 15) is 0 Å². The second kappa shape index (κ2) is 18.8. The first-order chi connectivity index (χ1) is 37.7. The Balaban J connectivity index is 1.09. The molecule has 0 unspecified atom stereocenters. The van der Waals surface area contributed by atoms with Crippen molar-refractivity contribution < 1.29 is 4.42 Å². The summed E-state index contributed by atoms with van der Waals surface area (Å²) in [5, 5.41) is 2.11. The van der Waals surface area contributed by atoms with Crippen molar-refractivity contribution in [3.8, 4) is 44.5 Å². The number of rotatable bonds is 11. The molecule has 3 heteroatoms. The van der Waals surface area contributed by atoms with E-state index in [1.54, 1.807) is 0 Å². The summed E-state index contributed by atoms with van der Waals surface area (Å²) in [7, 11) is 0. The predicted molar refractivity (Wildman–Crippen MR) is 317 cm³/mol. The smallest absolute Gasteiger partial charge is 0.145 e. The summed E-state index contributed by atoms with van der Waals surface area (Å²) >= 11 is 0. The van der Waals surface area contributed by atoms with Crippen LogP contribution < -0.4 is 9.80 Å². The van der Waals surface area contributed by atoms with Gasteiger partial charge in [0.15, 0.2) is 0 Å². The van der Waals surface area contributed by atoms with E-state index in [2.05, 4.69) is 313 Å². The molecule has 358 valence electrons. The summed E-state index contributed by atoms with van der Waals surface area (Å²) in [6.07, 6.45) is 0. The second-order valence-corrected chi connectivity index (χ2v) is 19.6. The molecule has 14 rings (SSSR count). The fourth-order valence-corrected chi connectivity index (χ4v) is 11.9. The third-order valence-corrected chi connectivity index (χ3v) is 15.3. The predicted octanol–water partition coefficient (Wildman–Crippen LogP) is 19.9. The van der Waals surface area contributed by atoms with Crippen molar-refractivity contribution in [1.82, 2.24) is 0 Å². The maximum Gasteiger partial charge on any atom is 0.145 e. The lowest BCUT2D eigenvalue weighted by Gasteiger charge is -2.36. The minimum absolute atomic E-state index is 0.799. The molecule has 0 atom stereocenters. The van der Waals surface area contributed by atoms with Crippen LogP contribution in [0.3, 0.4) is 0 Å². The molecule has 0 fully saturated rings. The first-order valence-corrected chi connectivity index (χ1v) is 26.1. The molecule has 12 aromatic carbocycles. The maximum atomic E-state index is 7.67. The minimum atomic E-state index is -0.799. The first-order valence-electron chi connectivity index (χ1n) is 26.1. The molecule has 0 saturated heterocycles. The van der Waals surface area contributed by atoms with Crippen molar-refractivity contribution in [3.63, 3.8) is 0 Å². The fraction of sp³-hybridized carbons (Fsp3) is 0.0137. The lowest BCUT2D eigenvalue weighted by Crippen LogP contribution is -2.29. The van der Waals surface area contributed by atoms with Crippen molar-refractivity contribution in [1.29, 1.82) is 0 Å². The van der Waals surface area contributed by atoms with Gasteiger partial charge in [-0.2, -0.15) is 0 Å².